The van der Waals surface area contributed by atoms with Crippen LogP contribution in [0.5, 0.6) is 0 Å². The lowest BCUT2D eigenvalue weighted by Crippen LogP contribution is -2.14. The Morgan fingerprint density at radius 1 is 0.484 bits per heavy atom. The van der Waals surface area contributed by atoms with Gasteiger partial charge in [-0.3, -0.25) is 19.1 Å². The van der Waals surface area contributed by atoms with Gasteiger partial charge in [0, 0.05) is 46.1 Å². The van der Waals surface area contributed by atoms with Crippen molar-refractivity contribution in [2.45, 2.75) is 69.7 Å². The van der Waals surface area contributed by atoms with Gasteiger partial charge in [0.1, 0.15) is 13.3 Å². The van der Waals surface area contributed by atoms with Crippen molar-refractivity contribution in [2.75, 3.05) is 57.5 Å². The van der Waals surface area contributed by atoms with Crippen molar-refractivity contribution in [3.63, 3.8) is 0 Å². The third kappa shape index (κ3) is 25.2. The number of carbonyl (C=O) groups is 6. The highest BCUT2D eigenvalue weighted by Gasteiger charge is 2.13. The second kappa shape index (κ2) is 38.6. The molecule has 2 N–H and O–H groups in total. The normalized spacial score (nSPS) is 9.94. The first-order chi connectivity index (χ1) is 28.6. The minimum Gasteiger partial charge on any atom is -0.462 e. The molecule has 0 aliphatic heterocycles. The summed E-state index contributed by atoms with van der Waals surface area (Å²) >= 11 is 0. The van der Waals surface area contributed by atoms with Gasteiger partial charge in [0.05, 0.1) is 36.5 Å². The molecule has 17 heteroatoms. The predicted octanol–water partition coefficient (Wildman–Crippen LogP) is 12.1. The third-order valence-corrected chi connectivity index (χ3v) is 7.67. The van der Waals surface area contributed by atoms with E-state index in [9.17, 15) is 37.9 Å². The van der Waals surface area contributed by atoms with Gasteiger partial charge in [-0.25, -0.2) is 14.4 Å². The molecule has 0 radical (unpaired) electrons. The maximum Gasteiger partial charge on any atom is 0.387 e. The lowest BCUT2D eigenvalue weighted by molar-refractivity contribution is 0.0432. The van der Waals surface area contributed by atoms with E-state index >= 15 is 0 Å². The second-order valence-electron chi connectivity index (χ2n) is 12.0. The van der Waals surface area contributed by atoms with Gasteiger partial charge >= 0.3 is 37.3 Å². The summed E-state index contributed by atoms with van der Waals surface area (Å²) in [6.45, 7) is 5.28. The fourth-order valence-electron chi connectivity index (χ4n) is 4.70. The average molecular weight is 951 g/mol. The molecule has 4 aromatic rings. The number of benzene rings is 4. The van der Waals surface area contributed by atoms with E-state index in [1.807, 2.05) is 0 Å². The van der Waals surface area contributed by atoms with E-state index in [2.05, 4.69) is 10.6 Å². The minimum atomic E-state index is -1.62. The summed E-state index contributed by atoms with van der Waals surface area (Å²) in [7, 11) is -1.63. The first kappa shape index (κ1) is 62.3. The van der Waals surface area contributed by atoms with Crippen LogP contribution < -0.4 is 10.6 Å². The Bertz CT molecular complexity index is 2070. The molecule has 2 atom stereocenters. The summed E-state index contributed by atoms with van der Waals surface area (Å²) in [4.78, 5) is 73.6. The summed E-state index contributed by atoms with van der Waals surface area (Å²) in [5, 5.41) is 5.54. The number of Topliss-reactive ketones (excluding diaryl/α,β-unsaturated/α-hetero) is 1. The zero-order chi connectivity index (χ0) is 44.5. The largest absolute Gasteiger partial charge is 0.462 e. The molecule has 64 heavy (non-hydrogen) atoms. The van der Waals surface area contributed by atoms with Crippen LogP contribution in [0.3, 0.4) is 0 Å². The van der Waals surface area contributed by atoms with Crippen LogP contribution >= 0.6 is 16.8 Å². The zero-order valence-corrected chi connectivity index (χ0v) is 34.9. The monoisotopic (exact) mass is 951 g/mol. The number of esters is 3. The van der Waals surface area contributed by atoms with Gasteiger partial charge in [-0.05, 0) is 118 Å². The Labute approximate surface area is 389 Å². The first-order valence-electron chi connectivity index (χ1n) is 18.8. The third-order valence-electron chi connectivity index (χ3n) is 7.67. The molecule has 0 spiro atoms. The SMILES string of the molecule is C.C.C.C.C.COCCCCOC(=O)c1ccc(C(=O)OCCCCOC(=O)c2ccc(C(=O)Nc3ccc(NC(=O)c4ccc(C(C)=O)cc4)cc3)cc2)cc1.F.[3HH].[3HH].[3HH].[3H][P+](C)=O.[3H][P+](C)=O. The Morgan fingerprint density at radius 3 is 0.969 bits per heavy atom. The van der Waals surface area contributed by atoms with E-state index in [4.69, 9.17) is 21.5 Å². The molecule has 2 unspecified atom stereocenters. The quantitative estimate of drug-likeness (QED) is 0.0315. The van der Waals surface area contributed by atoms with Gasteiger partial charge < -0.3 is 29.6 Å². The lowest BCUT2D eigenvalue weighted by atomic mass is 10.1. The molecule has 0 heterocycles. The van der Waals surface area contributed by atoms with Crippen molar-refractivity contribution < 1.29 is 65.8 Å². The molecule has 0 saturated carbocycles. The highest BCUT2D eigenvalue weighted by Crippen LogP contribution is 2.17. The maximum absolute atomic E-state index is 12.8. The number of hydrogen-bond acceptors (Lipinski definition) is 12. The van der Waals surface area contributed by atoms with Crippen molar-refractivity contribution >= 4 is 63.7 Å². The molecule has 4 rings (SSSR count). The maximum atomic E-state index is 12.8. The highest BCUT2D eigenvalue weighted by atomic mass is 31.1. The van der Waals surface area contributed by atoms with Crippen LogP contribution in [-0.2, 0) is 28.1 Å². The number of hydrogen-bond donors (Lipinski definition) is 2. The number of carbonyl (C=O) groups excluding carboxylic acids is 6. The van der Waals surface area contributed by atoms with E-state index in [0.717, 1.165) is 6.42 Å². The molecule has 0 aliphatic rings. The lowest BCUT2D eigenvalue weighted by Gasteiger charge is -2.09. The number of ketones is 1. The molecule has 14 nitrogen and oxygen atoms in total. The van der Waals surface area contributed by atoms with Crippen LogP contribution in [0.4, 0.5) is 16.1 Å². The number of methoxy groups -OCH3 is 1. The predicted molar refractivity (Wildman–Crippen MR) is 265 cm³/mol. The summed E-state index contributed by atoms with van der Waals surface area (Å²) in [6.07, 6.45) is 2.42. The van der Waals surface area contributed by atoms with E-state index in [0.29, 0.717) is 71.7 Å². The van der Waals surface area contributed by atoms with Gasteiger partial charge in [-0.15, -0.1) is 0 Å². The van der Waals surface area contributed by atoms with Gasteiger partial charge in [-0.2, -0.15) is 0 Å². The van der Waals surface area contributed by atoms with E-state index in [-0.39, 0.29) is 82.5 Å². The van der Waals surface area contributed by atoms with Crippen molar-refractivity contribution in [3.05, 3.63) is 130 Å². The summed E-state index contributed by atoms with van der Waals surface area (Å²) in [5.41, 5.74) is 3.19. The Kier molecular flexibility index (Phi) is 37.6. The Hall–Kier alpha value is -6.01. The molecular weight excluding hydrogens is 865 g/mol. The van der Waals surface area contributed by atoms with Crippen LogP contribution in [-0.4, -0.2) is 84.9 Å². The van der Waals surface area contributed by atoms with Gasteiger partial charge in [0.25, 0.3) is 11.8 Å². The molecule has 4 aromatic carbocycles. The van der Waals surface area contributed by atoms with Crippen molar-refractivity contribution in [1.82, 2.24) is 0 Å². The standard InChI is InChI=1S/C40H40N2O10.2CH3OP.5CH4.FH.3H2/c1-27(43)28-7-9-29(10-8-28)36(44)41-34-19-21-35(22-20-34)42-37(45)30-11-13-31(14-12-30)38(46)51-25-5-6-26-52-40(48)33-17-15-32(16-18-33)39(47)50-24-4-3-23-49-2;2*1-3-2;;;;;;;;;/h7-22H,3-6,23-26H2,1-2H3,(H,41,44)(H,42,45);2*1H3;5*1H4;4*1H/p+2/i;;;;;;;;;3*1+2/hT2. The van der Waals surface area contributed by atoms with Crippen molar-refractivity contribution in [3.8, 4) is 0 Å². The minimum absolute atomic E-state index is 0. The van der Waals surface area contributed by atoms with Crippen LogP contribution in [0.15, 0.2) is 97.1 Å². The average Bonchev–Trinajstić information content (AvgIpc) is 3.22. The topological polar surface area (TPSA) is 198 Å². The molecule has 0 saturated heterocycles. The zero-order valence-electron chi connectivity index (χ0n) is 35.1. The van der Waals surface area contributed by atoms with Crippen LogP contribution in [0.2, 0.25) is 0 Å². The summed E-state index contributed by atoms with van der Waals surface area (Å²) in [5.74, 6) is -2.36. The molecule has 0 aliphatic carbocycles. The van der Waals surface area contributed by atoms with E-state index in [1.165, 1.54) is 68.8 Å². The number of rotatable bonds is 18. The van der Waals surface area contributed by atoms with Crippen LogP contribution in [0.1, 0.15) is 136 Å². The van der Waals surface area contributed by atoms with E-state index < -0.39 is 34.7 Å². The summed E-state index contributed by atoms with van der Waals surface area (Å²) in [6, 6.07) is 25.0. The van der Waals surface area contributed by atoms with Gasteiger partial charge in [0.15, 0.2) is 5.78 Å². The first-order valence-corrected chi connectivity index (χ1v) is 20.5. The second-order valence-corrected chi connectivity index (χ2v) is 12.7. The molecule has 2 amide bonds. The molecule has 0 fully saturated rings. The van der Waals surface area contributed by atoms with E-state index in [1.54, 1.807) is 55.6 Å². The van der Waals surface area contributed by atoms with Gasteiger partial charge in [-0.1, -0.05) is 58.4 Å². The number of anilines is 2. The number of ether oxygens (including phenoxy) is 4. The number of halogens is 1. The van der Waals surface area contributed by atoms with Crippen molar-refractivity contribution in [1.29, 1.82) is 2.56 Å². The van der Waals surface area contributed by atoms with Crippen LogP contribution in [0, 0.1) is 0 Å². The van der Waals surface area contributed by atoms with Crippen LogP contribution in [0.25, 0.3) is 0 Å². The number of unbranched alkanes of at least 4 members (excludes halogenated alkanes) is 2. The fourth-order valence-corrected chi connectivity index (χ4v) is 4.70. The summed E-state index contributed by atoms with van der Waals surface area (Å²) < 4.78 is 51.5. The number of amides is 2. The molecule has 360 valence electrons. The molecular formula is C47H75FN2O12P2+2. The molecule has 0 bridgehead atoms. The van der Waals surface area contributed by atoms with Crippen molar-refractivity contribution in [2.24, 2.45) is 0 Å². The number of nitrogens with one attached hydrogen (secondary N) is 2. The Balaban J connectivity index is -0.000000338. The smallest absolute Gasteiger partial charge is 0.387 e. The highest BCUT2D eigenvalue weighted by molar-refractivity contribution is 7.22. The van der Waals surface area contributed by atoms with Gasteiger partial charge in [0.2, 0.25) is 0 Å². The Morgan fingerprint density at radius 2 is 0.719 bits per heavy atom. The molecule has 0 aromatic heterocycles. The fraction of sp³-hybridized carbons (Fsp3) is 0.362.